The third kappa shape index (κ3) is 3.48. The van der Waals surface area contributed by atoms with E-state index in [4.69, 9.17) is 0 Å². The Labute approximate surface area is 145 Å². The lowest BCUT2D eigenvalue weighted by Crippen LogP contribution is -2.17. The Morgan fingerprint density at radius 1 is 1.12 bits per heavy atom. The topological polar surface area (TPSA) is 64.0 Å². The molecule has 2 aromatic rings. The number of benzene rings is 1. The van der Waals surface area contributed by atoms with Gasteiger partial charge in [-0.25, -0.2) is 8.42 Å². The first-order valence-electron chi connectivity index (χ1n) is 8.37. The molecule has 0 amide bonds. The van der Waals surface area contributed by atoms with Crippen LogP contribution in [0.4, 0.5) is 5.69 Å². The molecule has 132 valence electrons. The van der Waals surface area contributed by atoms with Gasteiger partial charge in [0, 0.05) is 6.54 Å². The van der Waals surface area contributed by atoms with Crippen LogP contribution in [0.25, 0.3) is 0 Å². The van der Waals surface area contributed by atoms with Gasteiger partial charge < -0.3 is 0 Å². The predicted octanol–water partition coefficient (Wildman–Crippen LogP) is 4.26. The molecule has 1 aromatic carbocycles. The lowest BCUT2D eigenvalue weighted by atomic mass is 9.93. The van der Waals surface area contributed by atoms with Gasteiger partial charge in [-0.3, -0.25) is 9.40 Å². The van der Waals surface area contributed by atoms with Crippen LogP contribution in [0, 0.1) is 6.92 Å². The van der Waals surface area contributed by atoms with Gasteiger partial charge in [0.1, 0.15) is 4.90 Å². The van der Waals surface area contributed by atoms with Crippen molar-refractivity contribution >= 4 is 15.7 Å². The van der Waals surface area contributed by atoms with E-state index in [1.807, 2.05) is 25.1 Å². The van der Waals surface area contributed by atoms with Crippen LogP contribution in [0.5, 0.6) is 0 Å². The van der Waals surface area contributed by atoms with Gasteiger partial charge in [0.15, 0.2) is 0 Å². The van der Waals surface area contributed by atoms with E-state index in [-0.39, 0.29) is 16.7 Å². The Morgan fingerprint density at radius 2 is 1.67 bits per heavy atom. The van der Waals surface area contributed by atoms with Crippen LogP contribution in [0.3, 0.4) is 0 Å². The van der Waals surface area contributed by atoms with Crippen molar-refractivity contribution in [3.8, 4) is 0 Å². The standard InChI is InChI=1S/C18H27N3O2S/c1-7-21-14(6)17(11-19-21)24(22,23)20-18-15(12(2)3)9-8-10-16(18)13(4)5/h8-13,20H,7H2,1-6H3. The first-order valence-corrected chi connectivity index (χ1v) is 9.85. The summed E-state index contributed by atoms with van der Waals surface area (Å²) in [5, 5.41) is 4.15. The molecule has 1 heterocycles. The normalized spacial score (nSPS) is 12.2. The van der Waals surface area contributed by atoms with Crippen LogP contribution in [0.2, 0.25) is 0 Å². The number of hydrogen-bond acceptors (Lipinski definition) is 3. The number of para-hydroxylation sites is 1. The van der Waals surface area contributed by atoms with Gasteiger partial charge in [-0.05, 0) is 36.8 Å². The molecule has 0 bridgehead atoms. The molecule has 0 spiro atoms. The Hall–Kier alpha value is -1.82. The van der Waals surface area contributed by atoms with Crippen LogP contribution >= 0.6 is 0 Å². The van der Waals surface area contributed by atoms with Crippen LogP contribution in [-0.4, -0.2) is 18.2 Å². The summed E-state index contributed by atoms with van der Waals surface area (Å²) in [7, 11) is -3.68. The molecule has 0 saturated heterocycles. The second-order valence-electron chi connectivity index (χ2n) is 6.64. The quantitative estimate of drug-likeness (QED) is 0.847. The molecular weight excluding hydrogens is 322 g/mol. The molecule has 5 nitrogen and oxygen atoms in total. The Morgan fingerprint density at radius 3 is 2.08 bits per heavy atom. The smallest absolute Gasteiger partial charge is 0.265 e. The second kappa shape index (κ2) is 6.97. The summed E-state index contributed by atoms with van der Waals surface area (Å²) in [6.07, 6.45) is 1.42. The fourth-order valence-corrected chi connectivity index (χ4v) is 4.16. The van der Waals surface area contributed by atoms with Gasteiger partial charge in [0.25, 0.3) is 10.0 Å². The zero-order chi connectivity index (χ0) is 18.1. The average Bonchev–Trinajstić information content (AvgIpc) is 2.88. The zero-order valence-electron chi connectivity index (χ0n) is 15.3. The van der Waals surface area contributed by atoms with Crippen molar-refractivity contribution in [1.82, 2.24) is 9.78 Å². The molecule has 1 N–H and O–H groups in total. The van der Waals surface area contributed by atoms with E-state index in [0.717, 1.165) is 11.1 Å². The van der Waals surface area contributed by atoms with Crippen molar-refractivity contribution < 1.29 is 8.42 Å². The summed E-state index contributed by atoms with van der Waals surface area (Å²) in [6.45, 7) is 12.6. The molecule has 2 rings (SSSR count). The fourth-order valence-electron chi connectivity index (χ4n) is 2.87. The predicted molar refractivity (Wildman–Crippen MR) is 98.1 cm³/mol. The van der Waals surface area contributed by atoms with Crippen molar-refractivity contribution in [1.29, 1.82) is 0 Å². The number of anilines is 1. The fraction of sp³-hybridized carbons (Fsp3) is 0.500. The van der Waals surface area contributed by atoms with Crippen molar-refractivity contribution in [3.63, 3.8) is 0 Å². The maximum atomic E-state index is 12.9. The van der Waals surface area contributed by atoms with E-state index >= 15 is 0 Å². The summed E-state index contributed by atoms with van der Waals surface area (Å²) in [6, 6.07) is 5.95. The summed E-state index contributed by atoms with van der Waals surface area (Å²) in [5.74, 6) is 0.446. The van der Waals surface area contributed by atoms with E-state index in [1.54, 1.807) is 11.6 Å². The lowest BCUT2D eigenvalue weighted by Gasteiger charge is -2.20. The maximum absolute atomic E-state index is 12.9. The Kier molecular flexibility index (Phi) is 5.38. The highest BCUT2D eigenvalue weighted by Gasteiger charge is 2.24. The average molecular weight is 350 g/mol. The number of rotatable bonds is 6. The van der Waals surface area contributed by atoms with Crippen LogP contribution < -0.4 is 4.72 Å². The molecule has 0 radical (unpaired) electrons. The minimum Gasteiger partial charge on any atom is -0.279 e. The molecule has 0 unspecified atom stereocenters. The van der Waals surface area contributed by atoms with Gasteiger partial charge in [-0.2, -0.15) is 5.10 Å². The highest BCUT2D eigenvalue weighted by atomic mass is 32.2. The SMILES string of the molecule is CCn1ncc(S(=O)(=O)Nc2c(C(C)C)cccc2C(C)C)c1C. The summed E-state index contributed by atoms with van der Waals surface area (Å²) < 4.78 is 30.4. The number of aryl methyl sites for hydroxylation is 1. The lowest BCUT2D eigenvalue weighted by molar-refractivity contribution is 0.598. The van der Waals surface area contributed by atoms with E-state index in [1.165, 1.54) is 6.20 Å². The summed E-state index contributed by atoms with van der Waals surface area (Å²) >= 11 is 0. The van der Waals surface area contributed by atoms with Gasteiger partial charge in [0.05, 0.1) is 17.6 Å². The van der Waals surface area contributed by atoms with E-state index in [0.29, 0.717) is 17.9 Å². The van der Waals surface area contributed by atoms with Crippen LogP contribution in [0.15, 0.2) is 29.3 Å². The monoisotopic (exact) mass is 349 g/mol. The molecule has 0 aliphatic rings. The minimum atomic E-state index is -3.68. The van der Waals surface area contributed by atoms with Crippen molar-refractivity contribution in [3.05, 3.63) is 41.2 Å². The molecule has 6 heteroatoms. The minimum absolute atomic E-state index is 0.223. The summed E-state index contributed by atoms with van der Waals surface area (Å²) in [5.41, 5.74) is 3.36. The number of hydrogen-bond donors (Lipinski definition) is 1. The van der Waals surface area contributed by atoms with Crippen molar-refractivity contribution in [2.24, 2.45) is 0 Å². The van der Waals surface area contributed by atoms with E-state index in [2.05, 4.69) is 37.5 Å². The maximum Gasteiger partial charge on any atom is 0.265 e. The number of aromatic nitrogens is 2. The van der Waals surface area contributed by atoms with E-state index < -0.39 is 10.0 Å². The molecule has 1 aromatic heterocycles. The van der Waals surface area contributed by atoms with Gasteiger partial charge in [-0.1, -0.05) is 45.9 Å². The van der Waals surface area contributed by atoms with Gasteiger partial charge >= 0.3 is 0 Å². The molecule has 24 heavy (non-hydrogen) atoms. The highest BCUT2D eigenvalue weighted by molar-refractivity contribution is 7.92. The second-order valence-corrected chi connectivity index (χ2v) is 8.29. The number of nitrogens with one attached hydrogen (secondary N) is 1. The van der Waals surface area contributed by atoms with Crippen molar-refractivity contribution in [2.75, 3.05) is 4.72 Å². The third-order valence-corrected chi connectivity index (χ3v) is 5.71. The van der Waals surface area contributed by atoms with Gasteiger partial charge in [-0.15, -0.1) is 0 Å². The first-order chi connectivity index (χ1) is 11.2. The zero-order valence-corrected chi connectivity index (χ0v) is 16.1. The number of nitrogens with zero attached hydrogens (tertiary/aromatic N) is 2. The molecule has 0 saturated carbocycles. The first kappa shape index (κ1) is 18.5. The molecule has 0 fully saturated rings. The molecular formula is C18H27N3O2S. The van der Waals surface area contributed by atoms with Gasteiger partial charge in [0.2, 0.25) is 0 Å². The Balaban J connectivity index is 2.55. The largest absolute Gasteiger partial charge is 0.279 e. The Bertz CT molecular complexity index is 795. The van der Waals surface area contributed by atoms with Crippen LogP contribution in [-0.2, 0) is 16.6 Å². The van der Waals surface area contributed by atoms with Crippen molar-refractivity contribution in [2.45, 2.75) is 64.8 Å². The molecule has 0 atom stereocenters. The summed E-state index contributed by atoms with van der Waals surface area (Å²) in [4.78, 5) is 0.234. The molecule has 0 aliphatic heterocycles. The van der Waals surface area contributed by atoms with E-state index in [9.17, 15) is 8.42 Å². The third-order valence-electron chi connectivity index (χ3n) is 4.26. The van der Waals surface area contributed by atoms with Crippen LogP contribution in [0.1, 0.15) is 63.3 Å². The molecule has 0 aliphatic carbocycles. The highest BCUT2D eigenvalue weighted by Crippen LogP contribution is 2.34. The number of sulfonamides is 1.